The molecule has 0 aromatic heterocycles. The number of fused-ring (bicyclic) bond motifs is 1. The fraction of sp³-hybridized carbons (Fsp3) is 0.438. The van der Waals surface area contributed by atoms with Gasteiger partial charge in [-0.05, 0) is 34.3 Å². The van der Waals surface area contributed by atoms with Crippen molar-refractivity contribution >= 4 is 32.6 Å². The number of carbonyl (C=O) groups is 2. The first-order chi connectivity index (χ1) is 11.0. The first-order valence-corrected chi connectivity index (χ1v) is 8.38. The molecule has 2 aliphatic rings. The SMILES string of the molecule is CN1C(=O)C2C(N=C(Br)N2CCCc2ccccc2)N(C)C1=O. The Labute approximate surface area is 143 Å². The maximum absolute atomic E-state index is 12.5. The molecule has 2 aliphatic heterocycles. The van der Waals surface area contributed by atoms with E-state index in [0.717, 1.165) is 12.8 Å². The molecule has 0 saturated carbocycles. The second kappa shape index (κ2) is 6.31. The number of aryl methyl sites for hydroxylation is 1. The highest BCUT2D eigenvalue weighted by Gasteiger charge is 2.50. The van der Waals surface area contributed by atoms with E-state index in [1.54, 1.807) is 7.05 Å². The number of imide groups is 1. The topological polar surface area (TPSA) is 56.2 Å². The normalized spacial score (nSPS) is 24.1. The summed E-state index contributed by atoms with van der Waals surface area (Å²) in [4.78, 5) is 33.6. The maximum atomic E-state index is 12.5. The molecule has 23 heavy (non-hydrogen) atoms. The summed E-state index contributed by atoms with van der Waals surface area (Å²) in [7, 11) is 3.20. The molecule has 7 heteroatoms. The smallest absolute Gasteiger partial charge is 0.328 e. The van der Waals surface area contributed by atoms with Crippen molar-refractivity contribution in [3.05, 3.63) is 35.9 Å². The molecule has 2 heterocycles. The summed E-state index contributed by atoms with van der Waals surface area (Å²) in [5, 5.41) is 0. The monoisotopic (exact) mass is 378 g/mol. The van der Waals surface area contributed by atoms with Crippen LogP contribution in [0.25, 0.3) is 0 Å². The van der Waals surface area contributed by atoms with Gasteiger partial charge in [0.15, 0.2) is 17.0 Å². The van der Waals surface area contributed by atoms with Gasteiger partial charge in [0.1, 0.15) is 0 Å². The van der Waals surface area contributed by atoms with Crippen molar-refractivity contribution in [2.24, 2.45) is 4.99 Å². The van der Waals surface area contributed by atoms with E-state index < -0.39 is 12.2 Å². The number of urea groups is 1. The third kappa shape index (κ3) is 2.85. The highest BCUT2D eigenvalue weighted by Crippen LogP contribution is 2.29. The van der Waals surface area contributed by atoms with Crippen LogP contribution in [0.15, 0.2) is 35.3 Å². The lowest BCUT2D eigenvalue weighted by Gasteiger charge is -2.39. The zero-order valence-corrected chi connectivity index (χ0v) is 14.7. The van der Waals surface area contributed by atoms with Crippen molar-refractivity contribution < 1.29 is 9.59 Å². The number of halogens is 1. The molecule has 0 radical (unpaired) electrons. The van der Waals surface area contributed by atoms with Crippen molar-refractivity contribution in [2.45, 2.75) is 25.0 Å². The number of benzene rings is 1. The predicted octanol–water partition coefficient (Wildman–Crippen LogP) is 1.90. The highest BCUT2D eigenvalue weighted by molar-refractivity contribution is 9.18. The number of hydrogen-bond donors (Lipinski definition) is 0. The number of hydrogen-bond acceptors (Lipinski definition) is 4. The molecule has 3 amide bonds. The van der Waals surface area contributed by atoms with Gasteiger partial charge in [0, 0.05) is 20.6 Å². The number of amidine groups is 1. The summed E-state index contributed by atoms with van der Waals surface area (Å²) in [6.07, 6.45) is 1.40. The fourth-order valence-electron chi connectivity index (χ4n) is 3.06. The van der Waals surface area contributed by atoms with Crippen molar-refractivity contribution in [1.29, 1.82) is 0 Å². The molecule has 1 saturated heterocycles. The van der Waals surface area contributed by atoms with Crippen LogP contribution < -0.4 is 0 Å². The largest absolute Gasteiger partial charge is 0.335 e. The van der Waals surface area contributed by atoms with Gasteiger partial charge in [0.2, 0.25) is 0 Å². The molecule has 0 N–H and O–H groups in total. The number of carbonyl (C=O) groups excluding carboxylic acids is 2. The molecule has 122 valence electrons. The lowest BCUT2D eigenvalue weighted by Crippen LogP contribution is -2.63. The molecule has 1 aromatic carbocycles. The molecular formula is C16H19BrN4O2. The van der Waals surface area contributed by atoms with Crippen LogP contribution in [-0.4, -0.2) is 64.2 Å². The number of nitrogens with zero attached hydrogens (tertiary/aromatic N) is 4. The Hall–Kier alpha value is -1.89. The van der Waals surface area contributed by atoms with Crippen LogP contribution in [0.1, 0.15) is 12.0 Å². The van der Waals surface area contributed by atoms with Gasteiger partial charge in [0.05, 0.1) is 0 Å². The van der Waals surface area contributed by atoms with E-state index in [9.17, 15) is 9.59 Å². The molecular weight excluding hydrogens is 360 g/mol. The Morgan fingerprint density at radius 1 is 1.17 bits per heavy atom. The van der Waals surface area contributed by atoms with Gasteiger partial charge in [-0.1, -0.05) is 30.3 Å². The van der Waals surface area contributed by atoms with Gasteiger partial charge in [0.25, 0.3) is 5.91 Å². The third-order valence-electron chi connectivity index (χ3n) is 4.37. The van der Waals surface area contributed by atoms with E-state index in [2.05, 4.69) is 33.1 Å². The van der Waals surface area contributed by atoms with Crippen molar-refractivity contribution in [1.82, 2.24) is 14.7 Å². The summed E-state index contributed by atoms with van der Waals surface area (Å²) in [6, 6.07) is 9.50. The molecule has 1 fully saturated rings. The molecule has 2 atom stereocenters. The molecule has 1 aromatic rings. The molecule has 0 bridgehead atoms. The minimum atomic E-state index is -0.447. The molecule has 0 spiro atoms. The van der Waals surface area contributed by atoms with Gasteiger partial charge in [-0.25, -0.2) is 9.79 Å². The average Bonchev–Trinajstić information content (AvgIpc) is 2.89. The van der Waals surface area contributed by atoms with Crippen LogP contribution in [0.3, 0.4) is 0 Å². The number of amides is 3. The van der Waals surface area contributed by atoms with E-state index in [0.29, 0.717) is 11.3 Å². The minimum Gasteiger partial charge on any atom is -0.335 e. The quantitative estimate of drug-likeness (QED) is 0.751. The van der Waals surface area contributed by atoms with E-state index in [4.69, 9.17) is 0 Å². The van der Waals surface area contributed by atoms with Crippen molar-refractivity contribution in [3.8, 4) is 0 Å². The van der Waals surface area contributed by atoms with Gasteiger partial charge in [-0.3, -0.25) is 9.69 Å². The van der Waals surface area contributed by atoms with Gasteiger partial charge in [-0.15, -0.1) is 0 Å². The van der Waals surface area contributed by atoms with Crippen LogP contribution in [0.2, 0.25) is 0 Å². The van der Waals surface area contributed by atoms with Crippen LogP contribution in [-0.2, 0) is 11.2 Å². The first-order valence-electron chi connectivity index (χ1n) is 7.59. The Morgan fingerprint density at radius 3 is 2.57 bits per heavy atom. The second-order valence-corrected chi connectivity index (χ2v) is 6.54. The Bertz CT molecular complexity index is 649. The average molecular weight is 379 g/mol. The number of aliphatic imine (C=N–C) groups is 1. The zero-order valence-electron chi connectivity index (χ0n) is 13.1. The van der Waals surface area contributed by atoms with E-state index in [-0.39, 0.29) is 11.9 Å². The summed E-state index contributed by atoms with van der Waals surface area (Å²) >= 11 is 3.44. The zero-order chi connectivity index (χ0) is 16.6. The van der Waals surface area contributed by atoms with Crippen molar-refractivity contribution in [2.75, 3.05) is 20.6 Å². The molecule has 0 aliphatic carbocycles. The van der Waals surface area contributed by atoms with Crippen LogP contribution >= 0.6 is 15.9 Å². The van der Waals surface area contributed by atoms with Crippen LogP contribution in [0.5, 0.6) is 0 Å². The van der Waals surface area contributed by atoms with Gasteiger partial charge < -0.3 is 9.80 Å². The lowest BCUT2D eigenvalue weighted by atomic mass is 10.1. The summed E-state index contributed by atoms with van der Waals surface area (Å²) in [5.41, 5.74) is 1.27. The lowest BCUT2D eigenvalue weighted by molar-refractivity contribution is -0.136. The van der Waals surface area contributed by atoms with E-state index in [1.165, 1.54) is 22.4 Å². The highest BCUT2D eigenvalue weighted by atomic mass is 79.9. The number of rotatable bonds is 4. The van der Waals surface area contributed by atoms with Crippen LogP contribution in [0, 0.1) is 0 Å². The number of likely N-dealkylation sites (N-methyl/N-ethyl adjacent to an activating group) is 2. The van der Waals surface area contributed by atoms with E-state index >= 15 is 0 Å². The predicted molar refractivity (Wildman–Crippen MR) is 91.3 cm³/mol. The second-order valence-electron chi connectivity index (χ2n) is 5.83. The maximum Gasteiger partial charge on any atom is 0.328 e. The minimum absolute atomic E-state index is 0.198. The van der Waals surface area contributed by atoms with E-state index in [1.807, 2.05) is 23.1 Å². The fourth-order valence-corrected chi connectivity index (χ4v) is 3.67. The van der Waals surface area contributed by atoms with Gasteiger partial charge >= 0.3 is 6.03 Å². The van der Waals surface area contributed by atoms with Crippen molar-refractivity contribution in [3.63, 3.8) is 0 Å². The third-order valence-corrected chi connectivity index (χ3v) is 5.03. The molecule has 6 nitrogen and oxygen atoms in total. The molecule has 2 unspecified atom stereocenters. The van der Waals surface area contributed by atoms with Crippen LogP contribution in [0.4, 0.5) is 4.79 Å². The van der Waals surface area contributed by atoms with Gasteiger partial charge in [-0.2, -0.15) is 0 Å². The summed E-state index contributed by atoms with van der Waals surface area (Å²) < 4.78 is 0.642. The first kappa shape index (κ1) is 16.0. The summed E-state index contributed by atoms with van der Waals surface area (Å²) in [5.74, 6) is -0.198. The Kier molecular flexibility index (Phi) is 4.39. The Morgan fingerprint density at radius 2 is 1.87 bits per heavy atom. The molecule has 3 rings (SSSR count). The standard InChI is InChI=1S/C16H19BrN4O2/c1-19-13-12(14(22)20(2)16(19)23)21(15(17)18-13)10-6-9-11-7-4-3-5-8-11/h3-5,7-8,12-13H,6,9-10H2,1-2H3. The Balaban J connectivity index is 1.69. The summed E-state index contributed by atoms with van der Waals surface area (Å²) in [6.45, 7) is 0.710.